The Kier molecular flexibility index (Phi) is 4.60. The number of rotatable bonds is 4. The Labute approximate surface area is 131 Å². The van der Waals surface area contributed by atoms with Gasteiger partial charge in [0.05, 0.1) is 19.1 Å². The zero-order valence-electron chi connectivity index (χ0n) is 12.6. The van der Waals surface area contributed by atoms with Crippen molar-refractivity contribution in [1.82, 2.24) is 5.06 Å². The Morgan fingerprint density at radius 2 is 1.91 bits per heavy atom. The highest BCUT2D eigenvalue weighted by molar-refractivity contribution is 6.00. The molecule has 1 aliphatic heterocycles. The van der Waals surface area contributed by atoms with E-state index in [0.717, 1.165) is 14.2 Å². The molecule has 1 aliphatic rings. The minimum atomic E-state index is -0.842. The number of esters is 2. The van der Waals surface area contributed by atoms with Gasteiger partial charge in [-0.2, -0.15) is 0 Å². The molecule has 0 fully saturated rings. The van der Waals surface area contributed by atoms with E-state index in [1.54, 1.807) is 6.07 Å². The van der Waals surface area contributed by atoms with Crippen LogP contribution in [-0.2, 0) is 23.9 Å². The van der Waals surface area contributed by atoms with Gasteiger partial charge in [-0.1, -0.05) is 12.1 Å². The molecule has 0 spiro atoms. The molecule has 9 nitrogen and oxygen atoms in total. The third-order valence-electron chi connectivity index (χ3n) is 3.29. The summed E-state index contributed by atoms with van der Waals surface area (Å²) in [5, 5.41) is 12.2. The highest BCUT2D eigenvalue weighted by Crippen LogP contribution is 2.38. The summed E-state index contributed by atoms with van der Waals surface area (Å²) in [4.78, 5) is 39.5. The maximum atomic E-state index is 12.1. The van der Waals surface area contributed by atoms with Gasteiger partial charge in [0.2, 0.25) is 5.76 Å². The second-order valence-electron chi connectivity index (χ2n) is 4.62. The van der Waals surface area contributed by atoms with Crippen molar-refractivity contribution >= 4 is 17.6 Å². The number of hydrogen-bond donors (Lipinski definition) is 0. The number of nitro groups is 1. The molecule has 9 heteroatoms. The van der Waals surface area contributed by atoms with Gasteiger partial charge in [0.25, 0.3) is 5.69 Å². The van der Waals surface area contributed by atoms with E-state index in [1.165, 1.54) is 30.3 Å². The molecule has 23 heavy (non-hydrogen) atoms. The number of carbonyl (C=O) groups excluding carboxylic acids is 2. The maximum Gasteiger partial charge on any atom is 0.376 e. The standard InChI is InChI=1S/C14H14N2O7/c1-15-11(8-5-4-6-9(7-8)16(19)20)10(13(17)21-2)12(23-15)14(18)22-3/h4-7,11H,1-3H3. The van der Waals surface area contributed by atoms with Crippen LogP contribution in [0.4, 0.5) is 5.69 Å². The summed E-state index contributed by atoms with van der Waals surface area (Å²) in [7, 11) is 3.80. The van der Waals surface area contributed by atoms with Gasteiger partial charge in [0.15, 0.2) is 0 Å². The lowest BCUT2D eigenvalue weighted by molar-refractivity contribution is -0.385. The predicted molar refractivity (Wildman–Crippen MR) is 75.7 cm³/mol. The summed E-state index contributed by atoms with van der Waals surface area (Å²) in [6, 6.07) is 4.85. The second-order valence-corrected chi connectivity index (χ2v) is 4.62. The van der Waals surface area contributed by atoms with E-state index in [9.17, 15) is 19.7 Å². The Morgan fingerprint density at radius 1 is 1.26 bits per heavy atom. The molecule has 1 atom stereocenters. The van der Waals surface area contributed by atoms with Crippen molar-refractivity contribution in [2.75, 3.05) is 21.3 Å². The van der Waals surface area contributed by atoms with E-state index < -0.39 is 22.9 Å². The zero-order valence-corrected chi connectivity index (χ0v) is 12.6. The third kappa shape index (κ3) is 2.99. The molecule has 1 heterocycles. The average Bonchev–Trinajstić information content (AvgIpc) is 2.90. The van der Waals surface area contributed by atoms with E-state index >= 15 is 0 Å². The van der Waals surface area contributed by atoms with Crippen LogP contribution < -0.4 is 0 Å². The fourth-order valence-corrected chi connectivity index (χ4v) is 2.29. The van der Waals surface area contributed by atoms with Crippen molar-refractivity contribution < 1.29 is 28.8 Å². The molecule has 2 rings (SSSR count). The van der Waals surface area contributed by atoms with E-state index in [2.05, 4.69) is 4.74 Å². The van der Waals surface area contributed by atoms with Crippen molar-refractivity contribution in [3.05, 3.63) is 51.3 Å². The molecule has 0 radical (unpaired) electrons. The Bertz CT molecular complexity index is 698. The van der Waals surface area contributed by atoms with Gasteiger partial charge in [-0.25, -0.2) is 9.59 Å². The molecule has 0 amide bonds. The van der Waals surface area contributed by atoms with Crippen LogP contribution in [0, 0.1) is 10.1 Å². The molecule has 0 aliphatic carbocycles. The van der Waals surface area contributed by atoms with E-state index in [0.29, 0.717) is 5.56 Å². The Morgan fingerprint density at radius 3 is 2.48 bits per heavy atom. The first-order valence-electron chi connectivity index (χ1n) is 6.46. The summed E-state index contributed by atoms with van der Waals surface area (Å²) in [6.07, 6.45) is 0. The summed E-state index contributed by atoms with van der Waals surface area (Å²) in [5.74, 6) is -1.94. The Hall–Kier alpha value is -2.94. The van der Waals surface area contributed by atoms with Crippen molar-refractivity contribution in [2.45, 2.75) is 6.04 Å². The first-order valence-corrected chi connectivity index (χ1v) is 6.46. The van der Waals surface area contributed by atoms with Gasteiger partial charge in [-0.3, -0.25) is 10.1 Å². The van der Waals surface area contributed by atoms with Gasteiger partial charge in [-0.15, -0.1) is 5.06 Å². The molecule has 0 saturated heterocycles. The van der Waals surface area contributed by atoms with Gasteiger partial charge in [0.1, 0.15) is 11.6 Å². The number of likely N-dealkylation sites (N-methyl/N-ethyl adjacent to an activating group) is 1. The number of methoxy groups -OCH3 is 2. The lowest BCUT2D eigenvalue weighted by Gasteiger charge is -2.19. The van der Waals surface area contributed by atoms with Crippen LogP contribution in [-0.4, -0.2) is 43.2 Å². The molecule has 122 valence electrons. The van der Waals surface area contributed by atoms with Gasteiger partial charge in [-0.05, 0) is 5.56 Å². The molecule has 0 aromatic heterocycles. The molecular weight excluding hydrogens is 308 g/mol. The van der Waals surface area contributed by atoms with Crippen molar-refractivity contribution in [3.8, 4) is 0 Å². The molecule has 0 N–H and O–H groups in total. The molecule has 0 saturated carbocycles. The summed E-state index contributed by atoms with van der Waals surface area (Å²) in [5.41, 5.74) is 0.176. The number of carbonyl (C=O) groups is 2. The lowest BCUT2D eigenvalue weighted by atomic mass is 9.97. The number of nitro benzene ring substituents is 1. The molecule has 1 aromatic carbocycles. The Balaban J connectivity index is 2.56. The number of ether oxygens (including phenoxy) is 2. The summed E-state index contributed by atoms with van der Waals surface area (Å²) < 4.78 is 9.28. The number of hydrogen-bond acceptors (Lipinski definition) is 8. The molecular formula is C14H14N2O7. The van der Waals surface area contributed by atoms with Crippen LogP contribution in [0.3, 0.4) is 0 Å². The highest BCUT2D eigenvalue weighted by Gasteiger charge is 2.42. The number of nitrogens with zero attached hydrogens (tertiary/aromatic N) is 2. The quantitative estimate of drug-likeness (QED) is 0.461. The molecule has 0 bridgehead atoms. The van der Waals surface area contributed by atoms with E-state index in [-0.39, 0.29) is 17.0 Å². The smallest absolute Gasteiger partial charge is 0.376 e. The van der Waals surface area contributed by atoms with Crippen molar-refractivity contribution in [2.24, 2.45) is 0 Å². The highest BCUT2D eigenvalue weighted by atomic mass is 16.7. The minimum Gasteiger partial charge on any atom is -0.465 e. The zero-order chi connectivity index (χ0) is 17.1. The average molecular weight is 322 g/mol. The molecule has 1 unspecified atom stereocenters. The van der Waals surface area contributed by atoms with Crippen LogP contribution >= 0.6 is 0 Å². The fourth-order valence-electron chi connectivity index (χ4n) is 2.29. The number of hydroxylamine groups is 2. The van der Waals surface area contributed by atoms with Crippen LogP contribution in [0.25, 0.3) is 0 Å². The molecule has 1 aromatic rings. The second kappa shape index (κ2) is 6.44. The maximum absolute atomic E-state index is 12.1. The number of non-ortho nitro benzene ring substituents is 1. The van der Waals surface area contributed by atoms with Crippen LogP contribution in [0.2, 0.25) is 0 Å². The topological polar surface area (TPSA) is 108 Å². The van der Waals surface area contributed by atoms with Crippen LogP contribution in [0.1, 0.15) is 11.6 Å². The predicted octanol–water partition coefficient (Wildman–Crippen LogP) is 1.11. The van der Waals surface area contributed by atoms with Gasteiger partial charge in [0, 0.05) is 19.2 Å². The monoisotopic (exact) mass is 322 g/mol. The summed E-state index contributed by atoms with van der Waals surface area (Å²) in [6.45, 7) is 0. The van der Waals surface area contributed by atoms with Crippen LogP contribution in [0.5, 0.6) is 0 Å². The van der Waals surface area contributed by atoms with Gasteiger partial charge < -0.3 is 14.3 Å². The normalized spacial score (nSPS) is 17.6. The first-order chi connectivity index (χ1) is 10.9. The van der Waals surface area contributed by atoms with Gasteiger partial charge >= 0.3 is 11.9 Å². The largest absolute Gasteiger partial charge is 0.465 e. The SMILES string of the molecule is COC(=O)C1=C(C(=O)OC)C(c2cccc([N+](=O)[O-])c2)N(C)O1. The fraction of sp³-hybridized carbons (Fsp3) is 0.286. The van der Waals surface area contributed by atoms with Crippen LogP contribution in [0.15, 0.2) is 35.6 Å². The minimum absolute atomic E-state index is 0.0812. The van der Waals surface area contributed by atoms with E-state index in [4.69, 9.17) is 9.57 Å². The lowest BCUT2D eigenvalue weighted by Crippen LogP contribution is -2.22. The third-order valence-corrected chi connectivity index (χ3v) is 3.29. The number of benzene rings is 1. The van der Waals surface area contributed by atoms with Crippen molar-refractivity contribution in [1.29, 1.82) is 0 Å². The van der Waals surface area contributed by atoms with E-state index in [1.807, 2.05) is 0 Å². The summed E-state index contributed by atoms with van der Waals surface area (Å²) >= 11 is 0. The first kappa shape index (κ1) is 16.4. The van der Waals surface area contributed by atoms with Crippen molar-refractivity contribution in [3.63, 3.8) is 0 Å².